The molecular formula is C9H16INO4. The Hall–Kier alpha value is -0.210. The zero-order chi connectivity index (χ0) is 11.5. The highest BCUT2D eigenvalue weighted by atomic mass is 127. The number of hydrogen-bond donors (Lipinski definition) is 1. The van der Waals surface area contributed by atoms with Crippen LogP contribution in [0.25, 0.3) is 0 Å². The maximum absolute atomic E-state index is 10.8. The van der Waals surface area contributed by atoms with E-state index in [0.717, 1.165) is 0 Å². The number of halogens is 1. The lowest BCUT2D eigenvalue weighted by molar-refractivity contribution is -0.122. The van der Waals surface area contributed by atoms with E-state index in [-0.39, 0.29) is 18.3 Å². The molecule has 0 aromatic rings. The van der Waals surface area contributed by atoms with Crippen LogP contribution in [-0.2, 0) is 19.1 Å². The standard InChI is InChI=1S/C9H16INO4/c1-8(12)7-15-5-4-14-3-2-11-9(13)6-10/h2-7H2,1H3,(H,11,13). The Kier molecular flexibility index (Phi) is 10.2. The van der Waals surface area contributed by atoms with Gasteiger partial charge in [0.25, 0.3) is 0 Å². The molecule has 5 nitrogen and oxygen atoms in total. The second-order valence-electron chi connectivity index (χ2n) is 2.85. The molecule has 0 fully saturated rings. The maximum atomic E-state index is 10.8. The first-order valence-electron chi connectivity index (χ1n) is 4.64. The topological polar surface area (TPSA) is 64.6 Å². The van der Waals surface area contributed by atoms with Crippen LogP contribution >= 0.6 is 22.6 Å². The zero-order valence-electron chi connectivity index (χ0n) is 8.75. The minimum Gasteiger partial charge on any atom is -0.377 e. The molecule has 0 radical (unpaired) electrons. The average Bonchev–Trinajstić information content (AvgIpc) is 2.21. The summed E-state index contributed by atoms with van der Waals surface area (Å²) >= 11 is 1.99. The molecule has 6 heteroatoms. The van der Waals surface area contributed by atoms with Crippen molar-refractivity contribution in [2.75, 3.05) is 37.4 Å². The van der Waals surface area contributed by atoms with E-state index in [2.05, 4.69) is 5.32 Å². The van der Waals surface area contributed by atoms with Crippen molar-refractivity contribution in [2.24, 2.45) is 0 Å². The van der Waals surface area contributed by atoms with Gasteiger partial charge in [-0.15, -0.1) is 0 Å². The van der Waals surface area contributed by atoms with Crippen LogP contribution in [0.1, 0.15) is 6.92 Å². The van der Waals surface area contributed by atoms with Gasteiger partial charge in [0.1, 0.15) is 6.61 Å². The van der Waals surface area contributed by atoms with Gasteiger partial charge >= 0.3 is 0 Å². The van der Waals surface area contributed by atoms with Crippen LogP contribution in [0.5, 0.6) is 0 Å². The Morgan fingerprint density at radius 1 is 1.20 bits per heavy atom. The smallest absolute Gasteiger partial charge is 0.229 e. The van der Waals surface area contributed by atoms with Gasteiger partial charge in [0.05, 0.1) is 24.2 Å². The molecule has 0 rings (SSSR count). The fourth-order valence-corrected chi connectivity index (χ4v) is 1.02. The fraction of sp³-hybridized carbons (Fsp3) is 0.778. The van der Waals surface area contributed by atoms with Crippen molar-refractivity contribution in [3.63, 3.8) is 0 Å². The minimum atomic E-state index is 0.00399. The molecule has 0 aliphatic carbocycles. The van der Waals surface area contributed by atoms with Gasteiger partial charge in [0, 0.05) is 6.54 Å². The first-order valence-corrected chi connectivity index (χ1v) is 6.17. The zero-order valence-corrected chi connectivity index (χ0v) is 10.9. The van der Waals surface area contributed by atoms with Gasteiger partial charge < -0.3 is 14.8 Å². The quantitative estimate of drug-likeness (QED) is 0.372. The lowest BCUT2D eigenvalue weighted by Gasteiger charge is -2.05. The monoisotopic (exact) mass is 329 g/mol. The number of rotatable bonds is 9. The third-order valence-corrected chi connectivity index (χ3v) is 2.06. The third-order valence-electron chi connectivity index (χ3n) is 1.37. The van der Waals surface area contributed by atoms with Crippen molar-refractivity contribution < 1.29 is 19.1 Å². The van der Waals surface area contributed by atoms with E-state index in [1.54, 1.807) is 0 Å². The van der Waals surface area contributed by atoms with Gasteiger partial charge in [-0.25, -0.2) is 0 Å². The van der Waals surface area contributed by atoms with E-state index >= 15 is 0 Å². The highest BCUT2D eigenvalue weighted by molar-refractivity contribution is 14.1. The van der Waals surface area contributed by atoms with E-state index in [1.807, 2.05) is 22.6 Å². The normalized spacial score (nSPS) is 10.0. The van der Waals surface area contributed by atoms with E-state index < -0.39 is 0 Å². The van der Waals surface area contributed by atoms with Crippen LogP contribution in [0.15, 0.2) is 0 Å². The summed E-state index contributed by atoms with van der Waals surface area (Å²) in [6.07, 6.45) is 0. The Bertz CT molecular complexity index is 199. The summed E-state index contributed by atoms with van der Waals surface area (Å²) in [4.78, 5) is 21.3. The molecule has 0 aliphatic rings. The third kappa shape index (κ3) is 11.7. The van der Waals surface area contributed by atoms with Gasteiger partial charge in [0.15, 0.2) is 5.78 Å². The summed E-state index contributed by atoms with van der Waals surface area (Å²) < 4.78 is 10.6. The van der Waals surface area contributed by atoms with Gasteiger partial charge in [-0.05, 0) is 6.92 Å². The molecule has 0 atom stereocenters. The molecule has 0 aromatic heterocycles. The summed E-state index contributed by atoms with van der Waals surface area (Å²) in [5.74, 6) is 0.0105. The average molecular weight is 329 g/mol. The first-order chi connectivity index (χ1) is 7.16. The van der Waals surface area contributed by atoms with Crippen molar-refractivity contribution in [1.29, 1.82) is 0 Å². The number of hydrogen-bond acceptors (Lipinski definition) is 4. The van der Waals surface area contributed by atoms with Gasteiger partial charge in [0.2, 0.25) is 5.91 Å². The largest absolute Gasteiger partial charge is 0.377 e. The van der Waals surface area contributed by atoms with Crippen LogP contribution in [0.4, 0.5) is 0 Å². The number of carbonyl (C=O) groups excluding carboxylic acids is 2. The summed E-state index contributed by atoms with van der Waals surface area (Å²) in [5, 5.41) is 2.68. The van der Waals surface area contributed by atoms with Crippen LogP contribution in [0, 0.1) is 0 Å². The van der Waals surface area contributed by atoms with Gasteiger partial charge in [-0.2, -0.15) is 0 Å². The lowest BCUT2D eigenvalue weighted by atomic mass is 10.5. The van der Waals surface area contributed by atoms with E-state index in [9.17, 15) is 9.59 Å². The van der Waals surface area contributed by atoms with Crippen molar-refractivity contribution >= 4 is 34.3 Å². The Morgan fingerprint density at radius 3 is 2.47 bits per heavy atom. The number of amides is 1. The molecular weight excluding hydrogens is 313 g/mol. The molecule has 1 N–H and O–H groups in total. The van der Waals surface area contributed by atoms with Crippen LogP contribution in [0.3, 0.4) is 0 Å². The number of carbonyl (C=O) groups is 2. The van der Waals surface area contributed by atoms with Crippen molar-refractivity contribution in [2.45, 2.75) is 6.92 Å². The number of ether oxygens (including phenoxy) is 2. The van der Waals surface area contributed by atoms with E-state index in [1.165, 1.54) is 6.92 Å². The summed E-state index contributed by atoms with van der Waals surface area (Å²) in [6, 6.07) is 0. The second kappa shape index (κ2) is 10.3. The summed E-state index contributed by atoms with van der Waals surface area (Å²) in [5.41, 5.74) is 0. The molecule has 0 unspecified atom stereocenters. The first kappa shape index (κ1) is 14.8. The second-order valence-corrected chi connectivity index (χ2v) is 3.61. The molecule has 0 aromatic carbocycles. The number of nitrogens with one attached hydrogen (secondary N) is 1. The molecule has 1 amide bonds. The minimum absolute atomic E-state index is 0.00399. The Balaban J connectivity index is 3.05. The van der Waals surface area contributed by atoms with Crippen molar-refractivity contribution in [1.82, 2.24) is 5.32 Å². The van der Waals surface area contributed by atoms with E-state index in [4.69, 9.17) is 9.47 Å². The fourth-order valence-electron chi connectivity index (χ4n) is 0.746. The van der Waals surface area contributed by atoms with Gasteiger partial charge in [-0.3, -0.25) is 9.59 Å². The molecule has 0 heterocycles. The highest BCUT2D eigenvalue weighted by Gasteiger charge is 1.96. The van der Waals surface area contributed by atoms with Crippen LogP contribution < -0.4 is 5.32 Å². The predicted octanol–water partition coefficient (Wildman–Crippen LogP) is 0.160. The van der Waals surface area contributed by atoms with Gasteiger partial charge in [-0.1, -0.05) is 22.6 Å². The lowest BCUT2D eigenvalue weighted by Crippen LogP contribution is -2.28. The van der Waals surface area contributed by atoms with Crippen molar-refractivity contribution in [3.8, 4) is 0 Å². The Morgan fingerprint density at radius 2 is 1.87 bits per heavy atom. The van der Waals surface area contributed by atoms with Crippen molar-refractivity contribution in [3.05, 3.63) is 0 Å². The SMILES string of the molecule is CC(=O)COCCOCCNC(=O)CI. The van der Waals surface area contributed by atoms with Crippen LogP contribution in [-0.4, -0.2) is 49.1 Å². The summed E-state index contributed by atoms with van der Waals surface area (Å²) in [7, 11) is 0. The molecule has 0 saturated carbocycles. The summed E-state index contributed by atoms with van der Waals surface area (Å²) in [6.45, 7) is 3.42. The molecule has 0 spiro atoms. The molecule has 0 aliphatic heterocycles. The molecule has 0 saturated heterocycles. The molecule has 0 bridgehead atoms. The van der Waals surface area contributed by atoms with E-state index in [0.29, 0.717) is 30.8 Å². The highest BCUT2D eigenvalue weighted by Crippen LogP contribution is 1.81. The number of Topliss-reactive ketones (excluding diaryl/α,β-unsaturated/α-hetero) is 1. The molecule has 88 valence electrons. The van der Waals surface area contributed by atoms with Crippen LogP contribution in [0.2, 0.25) is 0 Å². The number of ketones is 1. The maximum Gasteiger partial charge on any atom is 0.229 e. The predicted molar refractivity (Wildman–Crippen MR) is 64.2 cm³/mol. The Labute approximate surface area is 103 Å². The number of alkyl halides is 1. The molecule has 15 heavy (non-hydrogen) atoms.